The monoisotopic (exact) mass is 458 g/mol. The first-order valence-corrected chi connectivity index (χ1v) is 11.5. The molecule has 0 aliphatic heterocycles. The van der Waals surface area contributed by atoms with Crippen LogP contribution in [0.15, 0.2) is 36.4 Å². The zero-order valence-electron chi connectivity index (χ0n) is 16.7. The summed E-state index contributed by atoms with van der Waals surface area (Å²) < 4.78 is 31.2. The van der Waals surface area contributed by atoms with E-state index in [4.69, 9.17) is 27.9 Å². The van der Waals surface area contributed by atoms with E-state index in [0.29, 0.717) is 21.5 Å². The van der Waals surface area contributed by atoms with Crippen molar-refractivity contribution in [2.45, 2.75) is 26.8 Å². The van der Waals surface area contributed by atoms with Gasteiger partial charge in [-0.3, -0.25) is 9.10 Å². The Morgan fingerprint density at radius 1 is 1.10 bits per heavy atom. The van der Waals surface area contributed by atoms with E-state index in [1.54, 1.807) is 24.3 Å². The zero-order valence-corrected chi connectivity index (χ0v) is 19.0. The van der Waals surface area contributed by atoms with Crippen molar-refractivity contribution in [2.75, 3.05) is 23.7 Å². The highest BCUT2D eigenvalue weighted by Gasteiger charge is 2.29. The van der Waals surface area contributed by atoms with Gasteiger partial charge in [0.2, 0.25) is 15.9 Å². The molecule has 158 valence electrons. The number of nitrogens with zero attached hydrogens (tertiary/aromatic N) is 1. The van der Waals surface area contributed by atoms with Crippen molar-refractivity contribution in [3.05, 3.63) is 57.6 Å². The number of amides is 1. The number of hydrogen-bond donors (Lipinski definition) is 1. The predicted octanol–water partition coefficient (Wildman–Crippen LogP) is 3.96. The lowest BCUT2D eigenvalue weighted by Crippen LogP contribution is -2.48. The Labute approximate surface area is 181 Å². The van der Waals surface area contributed by atoms with Crippen LogP contribution in [-0.2, 0) is 14.8 Å². The molecule has 2 aromatic carbocycles. The average Bonchev–Trinajstić information content (AvgIpc) is 2.63. The summed E-state index contributed by atoms with van der Waals surface area (Å²) >= 11 is 12.2. The number of nitrogens with one attached hydrogen (secondary N) is 1. The summed E-state index contributed by atoms with van der Waals surface area (Å²) in [5.74, 6) is 0.146. The minimum atomic E-state index is -3.71. The second-order valence-corrected chi connectivity index (χ2v) is 9.39. The molecule has 2 aromatic rings. The molecule has 6 nitrogen and oxygen atoms in total. The number of ether oxygens (including phenoxy) is 1. The minimum Gasteiger partial charge on any atom is -0.492 e. The number of rotatable bonds is 8. The maximum atomic E-state index is 12.5. The van der Waals surface area contributed by atoms with E-state index in [9.17, 15) is 13.2 Å². The van der Waals surface area contributed by atoms with Crippen LogP contribution in [0.4, 0.5) is 5.69 Å². The van der Waals surface area contributed by atoms with Crippen molar-refractivity contribution in [3.63, 3.8) is 0 Å². The fraction of sp³-hybridized carbons (Fsp3) is 0.350. The Morgan fingerprint density at radius 3 is 2.24 bits per heavy atom. The fourth-order valence-electron chi connectivity index (χ4n) is 2.68. The van der Waals surface area contributed by atoms with Gasteiger partial charge in [0.15, 0.2) is 0 Å². The molecule has 1 N–H and O–H groups in total. The number of carbonyl (C=O) groups excluding carboxylic acids is 1. The molecule has 0 aliphatic carbocycles. The molecule has 9 heteroatoms. The van der Waals surface area contributed by atoms with Crippen molar-refractivity contribution < 1.29 is 17.9 Å². The second kappa shape index (κ2) is 9.69. The van der Waals surface area contributed by atoms with Crippen LogP contribution in [0.1, 0.15) is 18.1 Å². The van der Waals surface area contributed by atoms with Gasteiger partial charge in [0.05, 0.1) is 18.5 Å². The molecule has 0 radical (unpaired) electrons. The summed E-state index contributed by atoms with van der Waals surface area (Å²) in [6.07, 6.45) is 1.05. The van der Waals surface area contributed by atoms with Crippen LogP contribution in [-0.4, -0.2) is 39.8 Å². The molecule has 0 bridgehead atoms. The van der Waals surface area contributed by atoms with Crippen molar-refractivity contribution in [1.29, 1.82) is 0 Å². The molecule has 1 amide bonds. The Hall–Kier alpha value is -1.96. The second-order valence-electron chi connectivity index (χ2n) is 6.72. The van der Waals surface area contributed by atoms with Crippen LogP contribution in [0.3, 0.4) is 0 Å². The lowest BCUT2D eigenvalue weighted by Gasteiger charge is -2.28. The largest absolute Gasteiger partial charge is 0.492 e. The molecular formula is C20H24Cl2N2O4S. The fourth-order valence-corrected chi connectivity index (χ4v) is 4.19. The van der Waals surface area contributed by atoms with Gasteiger partial charge < -0.3 is 10.1 Å². The third-order valence-electron chi connectivity index (χ3n) is 4.31. The van der Waals surface area contributed by atoms with Gasteiger partial charge in [-0.1, -0.05) is 35.3 Å². The van der Waals surface area contributed by atoms with Crippen LogP contribution in [0.2, 0.25) is 10.0 Å². The van der Waals surface area contributed by atoms with E-state index in [-0.39, 0.29) is 13.2 Å². The SMILES string of the molecule is Cc1ccc(OCCNC(=O)C(C)N(c2ccc(C)c(Cl)c2)S(C)(=O)=O)cc1Cl. The predicted molar refractivity (Wildman–Crippen MR) is 118 cm³/mol. The molecule has 1 atom stereocenters. The summed E-state index contributed by atoms with van der Waals surface area (Å²) in [6, 6.07) is 9.24. The average molecular weight is 459 g/mol. The first-order chi connectivity index (χ1) is 13.5. The summed E-state index contributed by atoms with van der Waals surface area (Å²) in [5, 5.41) is 3.71. The molecule has 1 unspecified atom stereocenters. The van der Waals surface area contributed by atoms with Gasteiger partial charge >= 0.3 is 0 Å². The zero-order chi connectivity index (χ0) is 21.8. The number of benzene rings is 2. The molecule has 0 aliphatic rings. The van der Waals surface area contributed by atoms with Gasteiger partial charge in [-0.05, 0) is 56.2 Å². The molecule has 0 saturated heterocycles. The molecule has 0 saturated carbocycles. The first-order valence-electron chi connectivity index (χ1n) is 8.93. The third kappa shape index (κ3) is 6.26. The van der Waals surface area contributed by atoms with Crippen LogP contribution >= 0.6 is 23.2 Å². The van der Waals surface area contributed by atoms with E-state index in [1.807, 2.05) is 19.9 Å². The quantitative estimate of drug-likeness (QED) is 0.607. The standard InChI is InChI=1S/C20H24Cl2N2O4S/c1-13-5-7-16(11-18(13)21)24(29(4,26)27)15(3)20(25)23-9-10-28-17-8-6-14(2)19(22)12-17/h5-8,11-12,15H,9-10H2,1-4H3,(H,23,25). The van der Waals surface area contributed by atoms with E-state index in [1.165, 1.54) is 13.0 Å². The molecule has 2 rings (SSSR count). The summed E-state index contributed by atoms with van der Waals surface area (Å²) in [6.45, 7) is 5.65. The number of hydrogen-bond acceptors (Lipinski definition) is 4. The topological polar surface area (TPSA) is 75.7 Å². The van der Waals surface area contributed by atoms with Gasteiger partial charge in [-0.25, -0.2) is 8.42 Å². The van der Waals surface area contributed by atoms with Gasteiger partial charge in [0.1, 0.15) is 18.4 Å². The molecular weight excluding hydrogens is 435 g/mol. The highest BCUT2D eigenvalue weighted by Crippen LogP contribution is 2.26. The Kier molecular flexibility index (Phi) is 7.80. The molecule has 0 spiro atoms. The van der Waals surface area contributed by atoms with Gasteiger partial charge in [-0.2, -0.15) is 0 Å². The lowest BCUT2D eigenvalue weighted by molar-refractivity contribution is -0.121. The van der Waals surface area contributed by atoms with Crippen LogP contribution in [0, 0.1) is 13.8 Å². The van der Waals surface area contributed by atoms with Crippen LogP contribution < -0.4 is 14.4 Å². The molecule has 29 heavy (non-hydrogen) atoms. The first kappa shape index (κ1) is 23.3. The van der Waals surface area contributed by atoms with Crippen molar-refractivity contribution in [1.82, 2.24) is 5.32 Å². The van der Waals surface area contributed by atoms with Gasteiger partial charge in [0, 0.05) is 10.0 Å². The molecule has 0 heterocycles. The van der Waals surface area contributed by atoms with Crippen molar-refractivity contribution in [3.8, 4) is 5.75 Å². The maximum Gasteiger partial charge on any atom is 0.243 e. The van der Waals surface area contributed by atoms with E-state index < -0.39 is 22.0 Å². The van der Waals surface area contributed by atoms with Crippen LogP contribution in [0.5, 0.6) is 5.75 Å². The van der Waals surface area contributed by atoms with E-state index in [2.05, 4.69) is 5.32 Å². The summed E-state index contributed by atoms with van der Waals surface area (Å²) in [4.78, 5) is 12.5. The third-order valence-corrected chi connectivity index (χ3v) is 6.37. The smallest absolute Gasteiger partial charge is 0.243 e. The number of anilines is 1. The highest BCUT2D eigenvalue weighted by atomic mass is 35.5. The number of aryl methyl sites for hydroxylation is 2. The Bertz CT molecular complexity index is 996. The minimum absolute atomic E-state index is 0.209. The summed E-state index contributed by atoms with van der Waals surface area (Å²) in [5.41, 5.74) is 2.09. The summed E-state index contributed by atoms with van der Waals surface area (Å²) in [7, 11) is -3.71. The van der Waals surface area contributed by atoms with Crippen molar-refractivity contribution >= 4 is 44.8 Å². The van der Waals surface area contributed by atoms with Crippen molar-refractivity contribution in [2.24, 2.45) is 0 Å². The molecule has 0 fully saturated rings. The number of carbonyl (C=O) groups is 1. The highest BCUT2D eigenvalue weighted by molar-refractivity contribution is 7.92. The normalized spacial score (nSPS) is 12.3. The maximum absolute atomic E-state index is 12.5. The molecule has 0 aromatic heterocycles. The Balaban J connectivity index is 2.01. The van der Waals surface area contributed by atoms with Gasteiger partial charge in [0.25, 0.3) is 0 Å². The van der Waals surface area contributed by atoms with E-state index >= 15 is 0 Å². The van der Waals surface area contributed by atoms with Gasteiger partial charge in [-0.15, -0.1) is 0 Å². The van der Waals surface area contributed by atoms with Crippen LogP contribution in [0.25, 0.3) is 0 Å². The number of sulfonamides is 1. The number of halogens is 2. The Morgan fingerprint density at radius 2 is 1.69 bits per heavy atom. The van der Waals surface area contributed by atoms with E-state index in [0.717, 1.165) is 21.7 Å². The lowest BCUT2D eigenvalue weighted by atomic mass is 10.2.